The van der Waals surface area contributed by atoms with E-state index in [0.29, 0.717) is 5.69 Å². The molecule has 0 aliphatic heterocycles. The predicted molar refractivity (Wildman–Crippen MR) is 77.7 cm³/mol. The number of nitrogen functional groups attached to an aromatic ring is 1. The number of benzene rings is 1. The molecule has 0 saturated heterocycles. The van der Waals surface area contributed by atoms with Crippen LogP contribution in [0, 0.1) is 17.0 Å². The average molecular weight is 274 g/mol. The lowest BCUT2D eigenvalue weighted by atomic mass is 10.1. The van der Waals surface area contributed by atoms with Crippen LogP contribution in [0.1, 0.15) is 36.7 Å². The van der Waals surface area contributed by atoms with Crippen LogP contribution in [0.5, 0.6) is 0 Å². The fourth-order valence-electron chi connectivity index (χ4n) is 2.25. The molecule has 106 valence electrons. The van der Waals surface area contributed by atoms with Crippen LogP contribution in [-0.2, 0) is 6.42 Å². The monoisotopic (exact) mass is 274 g/mol. The Labute approximate surface area is 117 Å². The maximum Gasteiger partial charge on any atom is 0.333 e. The summed E-state index contributed by atoms with van der Waals surface area (Å²) in [5.74, 6) is 0.0968. The highest BCUT2D eigenvalue weighted by Gasteiger charge is 2.25. The van der Waals surface area contributed by atoms with Gasteiger partial charge in [0.25, 0.3) is 0 Å². The number of anilines is 1. The van der Waals surface area contributed by atoms with Gasteiger partial charge in [0, 0.05) is 0 Å². The molecule has 2 rings (SSSR count). The second kappa shape index (κ2) is 5.32. The van der Waals surface area contributed by atoms with E-state index in [2.05, 4.69) is 12.0 Å². The van der Waals surface area contributed by atoms with Gasteiger partial charge in [0.05, 0.1) is 11.0 Å². The molecule has 0 radical (unpaired) electrons. The van der Waals surface area contributed by atoms with Crippen molar-refractivity contribution in [2.45, 2.75) is 33.2 Å². The minimum atomic E-state index is -0.485. The topological polar surface area (TPSA) is 87.0 Å². The zero-order chi connectivity index (χ0) is 14.9. The van der Waals surface area contributed by atoms with Crippen LogP contribution in [0.15, 0.2) is 24.3 Å². The second-order valence-corrected chi connectivity index (χ2v) is 4.79. The molecule has 1 heterocycles. The molecule has 2 aromatic rings. The molecule has 0 fully saturated rings. The smallest absolute Gasteiger partial charge is 0.333 e. The van der Waals surface area contributed by atoms with Crippen LogP contribution in [0.4, 0.5) is 11.5 Å². The lowest BCUT2D eigenvalue weighted by molar-refractivity contribution is -0.384. The number of nitrogens with zero attached hydrogens (tertiary/aromatic N) is 3. The Hall–Kier alpha value is -2.37. The molecule has 6 nitrogen and oxygen atoms in total. The zero-order valence-electron chi connectivity index (χ0n) is 11.8. The van der Waals surface area contributed by atoms with Gasteiger partial charge in [-0.15, -0.1) is 0 Å². The quantitative estimate of drug-likeness (QED) is 0.686. The zero-order valence-corrected chi connectivity index (χ0v) is 11.8. The summed E-state index contributed by atoms with van der Waals surface area (Å²) in [4.78, 5) is 10.5. The van der Waals surface area contributed by atoms with E-state index in [4.69, 9.17) is 5.73 Å². The Kier molecular flexibility index (Phi) is 3.74. The first-order valence-electron chi connectivity index (χ1n) is 6.53. The third-order valence-electron chi connectivity index (χ3n) is 3.51. The first kappa shape index (κ1) is 14.0. The fourth-order valence-corrected chi connectivity index (χ4v) is 2.25. The van der Waals surface area contributed by atoms with Crippen molar-refractivity contribution in [3.05, 3.63) is 51.2 Å². The van der Waals surface area contributed by atoms with E-state index in [-0.39, 0.29) is 17.5 Å². The number of nitro groups is 1. The van der Waals surface area contributed by atoms with Gasteiger partial charge in [-0.05, 0) is 31.4 Å². The summed E-state index contributed by atoms with van der Waals surface area (Å²) in [6.45, 7) is 5.61. The predicted octanol–water partition coefficient (Wildman–Crippen LogP) is 2.85. The normalized spacial score (nSPS) is 12.3. The van der Waals surface area contributed by atoms with Gasteiger partial charge in [-0.3, -0.25) is 10.1 Å². The van der Waals surface area contributed by atoms with Gasteiger partial charge in [-0.1, -0.05) is 31.2 Å². The van der Waals surface area contributed by atoms with Gasteiger partial charge >= 0.3 is 5.69 Å². The molecule has 0 aliphatic rings. The van der Waals surface area contributed by atoms with E-state index >= 15 is 0 Å². The van der Waals surface area contributed by atoms with Crippen LogP contribution in [0.3, 0.4) is 0 Å². The van der Waals surface area contributed by atoms with E-state index in [0.717, 1.165) is 12.0 Å². The molecule has 0 aliphatic carbocycles. The summed E-state index contributed by atoms with van der Waals surface area (Å²) in [5, 5.41) is 15.2. The van der Waals surface area contributed by atoms with Crippen molar-refractivity contribution < 1.29 is 4.92 Å². The molecule has 0 amide bonds. The molecule has 1 aromatic heterocycles. The summed E-state index contributed by atoms with van der Waals surface area (Å²) >= 11 is 0. The number of hydrogen-bond donors (Lipinski definition) is 1. The molecule has 1 aromatic carbocycles. The highest BCUT2D eigenvalue weighted by Crippen LogP contribution is 2.30. The Morgan fingerprint density at radius 2 is 2.00 bits per heavy atom. The Balaban J connectivity index is 2.40. The number of aromatic nitrogens is 2. The largest absolute Gasteiger partial charge is 0.378 e. The van der Waals surface area contributed by atoms with Crippen LogP contribution in [-0.4, -0.2) is 14.7 Å². The van der Waals surface area contributed by atoms with E-state index < -0.39 is 4.92 Å². The molecule has 1 atom stereocenters. The fraction of sp³-hybridized carbons (Fsp3) is 0.357. The maximum absolute atomic E-state index is 11.0. The van der Waals surface area contributed by atoms with Crippen molar-refractivity contribution in [2.24, 2.45) is 0 Å². The summed E-state index contributed by atoms with van der Waals surface area (Å²) in [5.41, 5.74) is 8.35. The Bertz CT molecular complexity index is 631. The molecule has 0 spiro atoms. The van der Waals surface area contributed by atoms with Crippen molar-refractivity contribution in [2.75, 3.05) is 5.73 Å². The molecule has 6 heteroatoms. The van der Waals surface area contributed by atoms with Crippen LogP contribution < -0.4 is 5.73 Å². The molecule has 2 N–H and O–H groups in total. The maximum atomic E-state index is 11.0. The van der Waals surface area contributed by atoms with Crippen LogP contribution >= 0.6 is 0 Å². The molecule has 0 bridgehead atoms. The number of nitrogens with two attached hydrogens (primary N) is 1. The van der Waals surface area contributed by atoms with Gasteiger partial charge in [-0.2, -0.15) is 5.10 Å². The highest BCUT2D eigenvalue weighted by atomic mass is 16.6. The van der Waals surface area contributed by atoms with Crippen LogP contribution in [0.25, 0.3) is 0 Å². The Morgan fingerprint density at radius 1 is 1.40 bits per heavy atom. The Morgan fingerprint density at radius 3 is 2.45 bits per heavy atom. The van der Waals surface area contributed by atoms with Gasteiger partial charge in [0.2, 0.25) is 5.82 Å². The number of hydrogen-bond acceptors (Lipinski definition) is 4. The summed E-state index contributed by atoms with van der Waals surface area (Å²) < 4.78 is 1.51. The summed E-state index contributed by atoms with van der Waals surface area (Å²) in [7, 11) is 0. The van der Waals surface area contributed by atoms with Gasteiger partial charge in [-0.25, -0.2) is 4.68 Å². The first-order valence-corrected chi connectivity index (χ1v) is 6.53. The van der Waals surface area contributed by atoms with Gasteiger partial charge in [0.1, 0.15) is 5.69 Å². The van der Waals surface area contributed by atoms with E-state index in [1.807, 2.05) is 31.2 Å². The first-order chi connectivity index (χ1) is 9.45. The SMILES string of the molecule is CCc1ccc(C(C)n2nc(C)c([N+](=O)[O-])c2N)cc1. The number of rotatable bonds is 4. The third kappa shape index (κ3) is 2.36. The summed E-state index contributed by atoms with van der Waals surface area (Å²) in [6.07, 6.45) is 0.975. The van der Waals surface area contributed by atoms with Crippen molar-refractivity contribution in [1.29, 1.82) is 0 Å². The number of aryl methyl sites for hydroxylation is 2. The standard InChI is InChI=1S/C14H18N4O2/c1-4-11-5-7-12(8-6-11)10(3)17-14(15)13(18(19)20)9(2)16-17/h5-8,10H,4,15H2,1-3H3. The third-order valence-corrected chi connectivity index (χ3v) is 3.51. The molecule has 1 unspecified atom stereocenters. The molecular formula is C14H18N4O2. The van der Waals surface area contributed by atoms with Crippen molar-refractivity contribution in [3.8, 4) is 0 Å². The van der Waals surface area contributed by atoms with E-state index in [1.165, 1.54) is 10.2 Å². The van der Waals surface area contributed by atoms with E-state index in [9.17, 15) is 10.1 Å². The lowest BCUT2D eigenvalue weighted by Crippen LogP contribution is -2.12. The molecule has 20 heavy (non-hydrogen) atoms. The molecule has 0 saturated carbocycles. The highest BCUT2D eigenvalue weighted by molar-refractivity contribution is 5.56. The molecular weight excluding hydrogens is 256 g/mol. The van der Waals surface area contributed by atoms with E-state index in [1.54, 1.807) is 6.92 Å². The second-order valence-electron chi connectivity index (χ2n) is 4.79. The van der Waals surface area contributed by atoms with Crippen molar-refractivity contribution >= 4 is 11.5 Å². The van der Waals surface area contributed by atoms with Gasteiger partial charge in [0.15, 0.2) is 0 Å². The van der Waals surface area contributed by atoms with Crippen molar-refractivity contribution in [1.82, 2.24) is 9.78 Å². The van der Waals surface area contributed by atoms with Crippen LogP contribution in [0.2, 0.25) is 0 Å². The minimum Gasteiger partial charge on any atom is -0.378 e. The van der Waals surface area contributed by atoms with Gasteiger partial charge < -0.3 is 5.73 Å². The van der Waals surface area contributed by atoms with Crippen molar-refractivity contribution in [3.63, 3.8) is 0 Å². The lowest BCUT2D eigenvalue weighted by Gasteiger charge is -2.14. The minimum absolute atomic E-state index is 0.0968. The summed E-state index contributed by atoms with van der Waals surface area (Å²) in [6, 6.07) is 7.96. The average Bonchev–Trinajstić information content (AvgIpc) is 2.73.